The van der Waals surface area contributed by atoms with Gasteiger partial charge in [-0.05, 0) is 0 Å². The van der Waals surface area contributed by atoms with Crippen molar-refractivity contribution in [3.8, 4) is 0 Å². The van der Waals surface area contributed by atoms with Crippen LogP contribution in [0.1, 0.15) is 0 Å². The maximum Gasteiger partial charge on any atom is 0.405 e. The molecule has 0 aliphatic carbocycles. The highest BCUT2D eigenvalue weighted by Gasteiger charge is 2.26. The molecule has 0 aliphatic rings. The van der Waals surface area contributed by atoms with Crippen molar-refractivity contribution in [3.05, 3.63) is 12.4 Å². The number of anilines is 2. The van der Waals surface area contributed by atoms with E-state index in [2.05, 4.69) is 15.3 Å². The van der Waals surface area contributed by atoms with Gasteiger partial charge in [0.2, 0.25) is 0 Å². The number of aromatic nitrogens is 2. The number of rotatable bonds is 2. The van der Waals surface area contributed by atoms with Crippen molar-refractivity contribution in [1.29, 1.82) is 0 Å². The average molecular weight is 192 g/mol. The van der Waals surface area contributed by atoms with Gasteiger partial charge in [-0.25, -0.2) is 9.97 Å². The number of nitrogens with one attached hydrogen (secondary N) is 1. The third-order valence-corrected chi connectivity index (χ3v) is 1.16. The highest BCUT2D eigenvalue weighted by atomic mass is 19.4. The Bertz CT molecular complexity index is 285. The van der Waals surface area contributed by atoms with E-state index < -0.39 is 12.7 Å². The van der Waals surface area contributed by atoms with E-state index in [4.69, 9.17) is 5.73 Å². The second-order valence-corrected chi connectivity index (χ2v) is 2.30. The van der Waals surface area contributed by atoms with Crippen molar-refractivity contribution in [2.75, 3.05) is 17.6 Å². The molecule has 0 amide bonds. The zero-order valence-corrected chi connectivity index (χ0v) is 6.47. The monoisotopic (exact) mass is 192 g/mol. The second kappa shape index (κ2) is 3.46. The van der Waals surface area contributed by atoms with Crippen molar-refractivity contribution in [2.45, 2.75) is 6.18 Å². The maximum absolute atomic E-state index is 11.7. The van der Waals surface area contributed by atoms with E-state index in [1.165, 1.54) is 6.07 Å². The molecule has 0 saturated carbocycles. The Morgan fingerprint density at radius 3 is 2.62 bits per heavy atom. The van der Waals surface area contributed by atoms with E-state index in [1.54, 1.807) is 0 Å². The lowest BCUT2D eigenvalue weighted by atomic mass is 10.5. The van der Waals surface area contributed by atoms with Crippen molar-refractivity contribution in [2.24, 2.45) is 0 Å². The van der Waals surface area contributed by atoms with Gasteiger partial charge >= 0.3 is 6.18 Å². The third kappa shape index (κ3) is 3.59. The van der Waals surface area contributed by atoms with Gasteiger partial charge in [0.1, 0.15) is 24.5 Å². The van der Waals surface area contributed by atoms with Gasteiger partial charge in [-0.15, -0.1) is 0 Å². The first-order valence-electron chi connectivity index (χ1n) is 3.35. The van der Waals surface area contributed by atoms with Crippen molar-refractivity contribution >= 4 is 11.6 Å². The lowest BCUT2D eigenvalue weighted by Crippen LogP contribution is -2.21. The summed E-state index contributed by atoms with van der Waals surface area (Å²) in [6, 6.07) is 1.23. The van der Waals surface area contributed by atoms with Crippen LogP contribution in [0, 0.1) is 0 Å². The molecule has 72 valence electrons. The molecule has 0 unspecified atom stereocenters. The zero-order chi connectivity index (χ0) is 9.90. The normalized spacial score (nSPS) is 11.3. The van der Waals surface area contributed by atoms with Crippen LogP contribution in [0.2, 0.25) is 0 Å². The summed E-state index contributed by atoms with van der Waals surface area (Å²) in [5.41, 5.74) is 5.23. The molecule has 0 aliphatic heterocycles. The summed E-state index contributed by atoms with van der Waals surface area (Å²) in [7, 11) is 0. The Balaban J connectivity index is 2.55. The van der Waals surface area contributed by atoms with Crippen LogP contribution in [0.4, 0.5) is 24.8 Å². The van der Waals surface area contributed by atoms with Gasteiger partial charge in [0.15, 0.2) is 0 Å². The fraction of sp³-hybridized carbons (Fsp3) is 0.333. The zero-order valence-electron chi connectivity index (χ0n) is 6.47. The molecule has 3 N–H and O–H groups in total. The van der Waals surface area contributed by atoms with Crippen LogP contribution in [0.25, 0.3) is 0 Å². The van der Waals surface area contributed by atoms with Gasteiger partial charge in [0.05, 0.1) is 0 Å². The summed E-state index contributed by atoms with van der Waals surface area (Å²) in [4.78, 5) is 7.07. The van der Waals surface area contributed by atoms with Gasteiger partial charge < -0.3 is 11.1 Å². The van der Waals surface area contributed by atoms with Crippen molar-refractivity contribution in [3.63, 3.8) is 0 Å². The second-order valence-electron chi connectivity index (χ2n) is 2.30. The molecule has 0 atom stereocenters. The van der Waals surface area contributed by atoms with Crippen LogP contribution in [-0.2, 0) is 0 Å². The van der Waals surface area contributed by atoms with E-state index >= 15 is 0 Å². The highest BCUT2D eigenvalue weighted by molar-refractivity contribution is 5.43. The minimum absolute atomic E-state index is 0.0600. The van der Waals surface area contributed by atoms with Gasteiger partial charge in [0.25, 0.3) is 0 Å². The highest BCUT2D eigenvalue weighted by Crippen LogP contribution is 2.15. The van der Waals surface area contributed by atoms with Gasteiger partial charge in [-0.3, -0.25) is 0 Å². The minimum atomic E-state index is -4.26. The summed E-state index contributed by atoms with van der Waals surface area (Å²) in [6.45, 7) is -1.14. The lowest BCUT2D eigenvalue weighted by molar-refractivity contribution is -0.115. The number of halogens is 3. The Hall–Kier alpha value is -1.53. The molecule has 1 aromatic heterocycles. The molecule has 0 saturated heterocycles. The average Bonchev–Trinajstić information content (AvgIpc) is 2.00. The van der Waals surface area contributed by atoms with Crippen molar-refractivity contribution in [1.82, 2.24) is 9.97 Å². The number of alkyl halides is 3. The first-order valence-corrected chi connectivity index (χ1v) is 3.35. The Morgan fingerprint density at radius 2 is 2.08 bits per heavy atom. The molecule has 0 aromatic carbocycles. The largest absolute Gasteiger partial charge is 0.405 e. The topological polar surface area (TPSA) is 63.8 Å². The van der Waals surface area contributed by atoms with Gasteiger partial charge in [-0.1, -0.05) is 0 Å². The summed E-state index contributed by atoms with van der Waals surface area (Å²) in [5.74, 6) is 0.185. The fourth-order valence-electron chi connectivity index (χ4n) is 0.660. The molecule has 0 fully saturated rings. The standard InChI is InChI=1S/C6H7F3N4/c7-6(8,9)2-11-5-1-4(10)12-3-13-5/h1,3H,2H2,(H3,10,11,12,13). The molecular weight excluding hydrogens is 185 g/mol. The maximum atomic E-state index is 11.7. The molecule has 13 heavy (non-hydrogen) atoms. The van der Waals surface area contributed by atoms with Gasteiger partial charge in [0, 0.05) is 6.07 Å². The quantitative estimate of drug-likeness (QED) is 0.734. The number of hydrogen-bond acceptors (Lipinski definition) is 4. The number of nitrogens with zero attached hydrogens (tertiary/aromatic N) is 2. The third-order valence-electron chi connectivity index (χ3n) is 1.16. The van der Waals surface area contributed by atoms with E-state index in [-0.39, 0.29) is 11.6 Å². The smallest absolute Gasteiger partial charge is 0.384 e. The molecule has 0 radical (unpaired) electrons. The van der Waals surface area contributed by atoms with Crippen LogP contribution >= 0.6 is 0 Å². The summed E-state index contributed by atoms with van der Waals surface area (Å²) in [6.07, 6.45) is -3.17. The predicted octanol–water partition coefficient (Wildman–Crippen LogP) is 1.03. The molecule has 0 bridgehead atoms. The molecular formula is C6H7F3N4. The predicted molar refractivity (Wildman–Crippen MR) is 41.0 cm³/mol. The van der Waals surface area contributed by atoms with Gasteiger partial charge in [-0.2, -0.15) is 13.2 Å². The summed E-state index contributed by atoms with van der Waals surface area (Å²) in [5, 5.41) is 2.07. The van der Waals surface area contributed by atoms with E-state index in [0.717, 1.165) is 6.33 Å². The first-order chi connectivity index (χ1) is 5.97. The van der Waals surface area contributed by atoms with Crippen LogP contribution < -0.4 is 11.1 Å². The molecule has 1 aromatic rings. The molecule has 1 rings (SSSR count). The minimum Gasteiger partial charge on any atom is -0.384 e. The number of nitrogen functional groups attached to an aromatic ring is 1. The Kier molecular flexibility index (Phi) is 2.54. The lowest BCUT2D eigenvalue weighted by Gasteiger charge is -2.08. The Morgan fingerprint density at radius 1 is 1.38 bits per heavy atom. The number of hydrogen-bond donors (Lipinski definition) is 2. The van der Waals surface area contributed by atoms with E-state index in [9.17, 15) is 13.2 Å². The van der Waals surface area contributed by atoms with Crippen LogP contribution in [0.3, 0.4) is 0 Å². The Labute approximate surface area is 72.0 Å². The van der Waals surface area contributed by atoms with Crippen LogP contribution in [0.5, 0.6) is 0 Å². The molecule has 7 heteroatoms. The van der Waals surface area contributed by atoms with E-state index in [1.807, 2.05) is 0 Å². The number of nitrogens with two attached hydrogens (primary N) is 1. The van der Waals surface area contributed by atoms with Crippen LogP contribution in [0.15, 0.2) is 12.4 Å². The molecule has 0 spiro atoms. The summed E-state index contributed by atoms with van der Waals surface area (Å²) < 4.78 is 35.1. The van der Waals surface area contributed by atoms with Crippen LogP contribution in [-0.4, -0.2) is 22.7 Å². The van der Waals surface area contributed by atoms with Crippen molar-refractivity contribution < 1.29 is 13.2 Å². The summed E-state index contributed by atoms with van der Waals surface area (Å²) >= 11 is 0. The fourth-order valence-corrected chi connectivity index (χ4v) is 0.660. The van der Waals surface area contributed by atoms with E-state index in [0.29, 0.717) is 0 Å². The SMILES string of the molecule is Nc1cc(NCC(F)(F)F)ncn1. The molecule has 4 nitrogen and oxygen atoms in total. The first kappa shape index (κ1) is 9.56. The molecule has 1 heterocycles.